The Hall–Kier alpha value is -1.20. The van der Waals surface area contributed by atoms with E-state index in [-0.39, 0.29) is 6.04 Å². The van der Waals surface area contributed by atoms with Gasteiger partial charge in [0, 0.05) is 10.0 Å². The van der Waals surface area contributed by atoms with Crippen LogP contribution in [0.15, 0.2) is 33.3 Å². The van der Waals surface area contributed by atoms with Crippen molar-refractivity contribution >= 4 is 15.9 Å². The second-order valence-corrected chi connectivity index (χ2v) is 4.57. The lowest BCUT2D eigenvalue weighted by molar-refractivity contribution is 0.342. The van der Waals surface area contributed by atoms with E-state index in [0.717, 1.165) is 16.6 Å². The minimum absolute atomic E-state index is 0.0729. The Kier molecular flexibility index (Phi) is 3.91. The molecule has 4 nitrogen and oxygen atoms in total. The first-order valence-electron chi connectivity index (χ1n) is 5.54. The molecule has 0 aliphatic heterocycles. The fourth-order valence-electron chi connectivity index (χ4n) is 1.56. The van der Waals surface area contributed by atoms with Gasteiger partial charge in [0.15, 0.2) is 0 Å². The molecule has 0 amide bonds. The Bertz CT molecular complexity index is 498. The number of aromatic nitrogens is 2. The van der Waals surface area contributed by atoms with Crippen molar-refractivity contribution in [3.8, 4) is 11.4 Å². The van der Waals surface area contributed by atoms with Crippen LogP contribution in [0.25, 0.3) is 11.4 Å². The van der Waals surface area contributed by atoms with Gasteiger partial charge in [0.05, 0.1) is 6.04 Å². The molecule has 90 valence electrons. The molecule has 0 aliphatic carbocycles. The summed E-state index contributed by atoms with van der Waals surface area (Å²) in [6.07, 6.45) is 0. The second kappa shape index (κ2) is 5.42. The predicted molar refractivity (Wildman–Crippen MR) is 69.5 cm³/mol. The number of nitrogens with zero attached hydrogens (tertiary/aromatic N) is 2. The Morgan fingerprint density at radius 2 is 2.18 bits per heavy atom. The molecule has 1 heterocycles. The van der Waals surface area contributed by atoms with Crippen molar-refractivity contribution in [3.05, 3.63) is 34.6 Å². The van der Waals surface area contributed by atoms with E-state index < -0.39 is 0 Å². The highest BCUT2D eigenvalue weighted by atomic mass is 79.9. The normalized spacial score (nSPS) is 12.6. The molecule has 1 N–H and O–H groups in total. The summed E-state index contributed by atoms with van der Waals surface area (Å²) in [6.45, 7) is 4.91. The van der Waals surface area contributed by atoms with Gasteiger partial charge in [-0.15, -0.1) is 0 Å². The zero-order valence-electron chi connectivity index (χ0n) is 9.77. The highest BCUT2D eigenvalue weighted by molar-refractivity contribution is 9.10. The summed E-state index contributed by atoms with van der Waals surface area (Å²) >= 11 is 3.47. The molecular weight excluding hydrogens is 282 g/mol. The maximum atomic E-state index is 5.24. The van der Waals surface area contributed by atoms with Crippen molar-refractivity contribution in [1.82, 2.24) is 15.5 Å². The Morgan fingerprint density at radius 1 is 1.41 bits per heavy atom. The molecule has 0 aliphatic rings. The quantitative estimate of drug-likeness (QED) is 0.941. The number of nitrogens with one attached hydrogen (secondary N) is 1. The van der Waals surface area contributed by atoms with Crippen LogP contribution in [0.4, 0.5) is 0 Å². The number of benzene rings is 1. The van der Waals surface area contributed by atoms with Gasteiger partial charge in [-0.2, -0.15) is 4.98 Å². The molecule has 1 aromatic carbocycles. The van der Waals surface area contributed by atoms with Crippen LogP contribution in [-0.4, -0.2) is 16.7 Å². The Balaban J connectivity index is 2.27. The van der Waals surface area contributed by atoms with Crippen molar-refractivity contribution in [2.24, 2.45) is 0 Å². The summed E-state index contributed by atoms with van der Waals surface area (Å²) in [5, 5.41) is 7.23. The van der Waals surface area contributed by atoms with Crippen molar-refractivity contribution in [1.29, 1.82) is 0 Å². The fourth-order valence-corrected chi connectivity index (χ4v) is 2.02. The molecular formula is C12H14BrN3O. The third kappa shape index (κ3) is 2.73. The molecule has 0 radical (unpaired) electrons. The second-order valence-electron chi connectivity index (χ2n) is 3.72. The smallest absolute Gasteiger partial charge is 0.243 e. The average molecular weight is 296 g/mol. The maximum Gasteiger partial charge on any atom is 0.243 e. The molecule has 0 saturated carbocycles. The van der Waals surface area contributed by atoms with E-state index in [4.69, 9.17) is 4.52 Å². The first-order chi connectivity index (χ1) is 8.22. The summed E-state index contributed by atoms with van der Waals surface area (Å²) in [7, 11) is 0. The van der Waals surface area contributed by atoms with E-state index in [0.29, 0.717) is 11.7 Å². The highest BCUT2D eigenvalue weighted by Gasteiger charge is 2.15. The topological polar surface area (TPSA) is 51.0 Å². The lowest BCUT2D eigenvalue weighted by Gasteiger charge is -2.05. The van der Waals surface area contributed by atoms with Crippen molar-refractivity contribution < 1.29 is 4.52 Å². The van der Waals surface area contributed by atoms with Gasteiger partial charge in [-0.3, -0.25) is 0 Å². The van der Waals surface area contributed by atoms with E-state index in [1.54, 1.807) is 0 Å². The van der Waals surface area contributed by atoms with Crippen LogP contribution >= 0.6 is 15.9 Å². The van der Waals surface area contributed by atoms with Gasteiger partial charge in [0.1, 0.15) is 0 Å². The largest absolute Gasteiger partial charge is 0.337 e. The number of hydrogen-bond acceptors (Lipinski definition) is 4. The first kappa shape index (κ1) is 12.3. The third-order valence-corrected chi connectivity index (χ3v) is 3.13. The molecule has 1 atom stereocenters. The molecule has 2 aromatic rings. The Labute approximate surface area is 109 Å². The minimum atomic E-state index is 0.0729. The molecule has 5 heteroatoms. The minimum Gasteiger partial charge on any atom is -0.337 e. The highest BCUT2D eigenvalue weighted by Crippen LogP contribution is 2.26. The summed E-state index contributed by atoms with van der Waals surface area (Å²) in [6, 6.07) is 7.89. The zero-order chi connectivity index (χ0) is 12.3. The van der Waals surface area contributed by atoms with Crippen LogP contribution in [0.1, 0.15) is 25.8 Å². The van der Waals surface area contributed by atoms with Crippen molar-refractivity contribution in [3.63, 3.8) is 0 Å². The van der Waals surface area contributed by atoms with Gasteiger partial charge in [-0.05, 0) is 25.6 Å². The van der Waals surface area contributed by atoms with Crippen LogP contribution in [0.5, 0.6) is 0 Å². The average Bonchev–Trinajstić information content (AvgIpc) is 2.79. The van der Waals surface area contributed by atoms with Crippen LogP contribution in [-0.2, 0) is 0 Å². The van der Waals surface area contributed by atoms with Crippen LogP contribution in [0, 0.1) is 0 Å². The first-order valence-corrected chi connectivity index (χ1v) is 6.33. The summed E-state index contributed by atoms with van der Waals surface area (Å²) in [4.78, 5) is 4.39. The van der Waals surface area contributed by atoms with Crippen LogP contribution in [0.2, 0.25) is 0 Å². The van der Waals surface area contributed by atoms with Crippen LogP contribution < -0.4 is 5.32 Å². The molecule has 0 saturated heterocycles. The van der Waals surface area contributed by atoms with Gasteiger partial charge in [-0.25, -0.2) is 0 Å². The molecule has 0 fully saturated rings. The number of hydrogen-bond donors (Lipinski definition) is 1. The predicted octanol–water partition coefficient (Wildman–Crippen LogP) is 3.17. The summed E-state index contributed by atoms with van der Waals surface area (Å²) < 4.78 is 6.21. The molecule has 1 aromatic heterocycles. The van der Waals surface area contributed by atoms with Gasteiger partial charge in [0.25, 0.3) is 0 Å². The Morgan fingerprint density at radius 3 is 2.88 bits per heavy atom. The van der Waals surface area contributed by atoms with E-state index in [1.165, 1.54) is 0 Å². The molecule has 0 spiro atoms. The maximum absolute atomic E-state index is 5.24. The van der Waals surface area contributed by atoms with Gasteiger partial charge < -0.3 is 9.84 Å². The molecule has 1 unspecified atom stereocenters. The van der Waals surface area contributed by atoms with Gasteiger partial charge >= 0.3 is 0 Å². The summed E-state index contributed by atoms with van der Waals surface area (Å²) in [5.41, 5.74) is 0.936. The lowest BCUT2D eigenvalue weighted by Crippen LogP contribution is -2.17. The van der Waals surface area contributed by atoms with E-state index >= 15 is 0 Å². The van der Waals surface area contributed by atoms with E-state index in [9.17, 15) is 0 Å². The standard InChI is InChI=1S/C12H14BrN3O/c1-3-14-8(2)12-15-11(16-17-12)9-6-4-5-7-10(9)13/h4-8,14H,3H2,1-2H3. The monoisotopic (exact) mass is 295 g/mol. The van der Waals surface area contributed by atoms with Gasteiger partial charge in [0.2, 0.25) is 11.7 Å². The van der Waals surface area contributed by atoms with Crippen molar-refractivity contribution in [2.45, 2.75) is 19.9 Å². The zero-order valence-corrected chi connectivity index (χ0v) is 11.4. The van der Waals surface area contributed by atoms with Crippen LogP contribution in [0.3, 0.4) is 0 Å². The number of halogens is 1. The van der Waals surface area contributed by atoms with E-state index in [1.807, 2.05) is 38.1 Å². The molecule has 0 bridgehead atoms. The number of rotatable bonds is 4. The van der Waals surface area contributed by atoms with Crippen molar-refractivity contribution in [2.75, 3.05) is 6.54 Å². The third-order valence-electron chi connectivity index (χ3n) is 2.44. The van der Waals surface area contributed by atoms with Gasteiger partial charge in [-0.1, -0.05) is 40.1 Å². The molecule has 2 rings (SSSR count). The SMILES string of the molecule is CCNC(C)c1nc(-c2ccccc2Br)no1. The molecule has 17 heavy (non-hydrogen) atoms. The lowest BCUT2D eigenvalue weighted by atomic mass is 10.2. The fraction of sp³-hybridized carbons (Fsp3) is 0.333. The van der Waals surface area contributed by atoms with E-state index in [2.05, 4.69) is 31.4 Å². The summed E-state index contributed by atoms with van der Waals surface area (Å²) in [5.74, 6) is 1.22.